The Kier molecular flexibility index (Phi) is 4.94. The van der Waals surface area contributed by atoms with Crippen LogP contribution in [-0.4, -0.2) is 36.1 Å². The van der Waals surface area contributed by atoms with Crippen molar-refractivity contribution in [3.8, 4) is 0 Å². The molecule has 0 aromatic carbocycles. The Bertz CT molecular complexity index is 298. The van der Waals surface area contributed by atoms with E-state index in [0.717, 1.165) is 0 Å². The van der Waals surface area contributed by atoms with Crippen LogP contribution in [0.2, 0.25) is 0 Å². The quantitative estimate of drug-likeness (QED) is 0.658. The number of amides is 1. The predicted molar refractivity (Wildman–Crippen MR) is 55.7 cm³/mol. The van der Waals surface area contributed by atoms with Gasteiger partial charge < -0.3 is 15.2 Å². The monoisotopic (exact) mass is 231 g/mol. The highest BCUT2D eigenvalue weighted by atomic mass is 16.5. The van der Waals surface area contributed by atoms with Crippen molar-refractivity contribution in [1.29, 1.82) is 0 Å². The molecule has 92 valence electrons. The second-order valence-electron chi connectivity index (χ2n) is 4.18. The largest absolute Gasteiger partial charge is 0.481 e. The van der Waals surface area contributed by atoms with E-state index in [1.54, 1.807) is 0 Å². The molecule has 2 N–H and O–H groups in total. The van der Waals surface area contributed by atoms with Crippen LogP contribution in [0.1, 0.15) is 27.2 Å². The van der Waals surface area contributed by atoms with Gasteiger partial charge in [0, 0.05) is 6.42 Å². The number of hydrogen-bond acceptors (Lipinski definition) is 4. The molecular weight excluding hydrogens is 214 g/mol. The summed E-state index contributed by atoms with van der Waals surface area (Å²) < 4.78 is 4.42. The number of rotatable bonds is 5. The second-order valence-corrected chi connectivity index (χ2v) is 4.18. The number of carbonyl (C=O) groups is 3. The van der Waals surface area contributed by atoms with Crippen molar-refractivity contribution in [1.82, 2.24) is 5.32 Å². The molecule has 0 aromatic heterocycles. The Labute approximate surface area is 94.0 Å². The first kappa shape index (κ1) is 14.4. The molecule has 0 radical (unpaired) electrons. The van der Waals surface area contributed by atoms with Crippen molar-refractivity contribution in [3.63, 3.8) is 0 Å². The molecule has 0 heterocycles. The van der Waals surface area contributed by atoms with E-state index in [9.17, 15) is 14.4 Å². The highest BCUT2D eigenvalue weighted by molar-refractivity contribution is 5.87. The lowest BCUT2D eigenvalue weighted by atomic mass is 9.89. The minimum absolute atomic E-state index is 0.191. The third-order valence-electron chi connectivity index (χ3n) is 2.11. The normalized spacial score (nSPS) is 12.8. The summed E-state index contributed by atoms with van der Waals surface area (Å²) in [6.45, 7) is 4.35. The number of methoxy groups -OCH3 is 1. The van der Waals surface area contributed by atoms with E-state index < -0.39 is 29.3 Å². The average Bonchev–Trinajstić information content (AvgIpc) is 2.14. The lowest BCUT2D eigenvalue weighted by Gasteiger charge is -2.19. The van der Waals surface area contributed by atoms with Crippen molar-refractivity contribution >= 4 is 17.8 Å². The molecule has 6 heteroatoms. The fourth-order valence-corrected chi connectivity index (χ4v) is 1.01. The van der Waals surface area contributed by atoms with Crippen molar-refractivity contribution in [3.05, 3.63) is 0 Å². The first-order valence-electron chi connectivity index (χ1n) is 4.81. The molecule has 0 rings (SSSR count). The van der Waals surface area contributed by atoms with Gasteiger partial charge in [-0.3, -0.25) is 9.59 Å². The average molecular weight is 231 g/mol. The Hall–Kier alpha value is -1.59. The lowest BCUT2D eigenvalue weighted by molar-refractivity contribution is -0.150. The molecule has 0 aromatic rings. The van der Waals surface area contributed by atoms with Crippen LogP contribution >= 0.6 is 0 Å². The summed E-state index contributed by atoms with van der Waals surface area (Å²) in [7, 11) is 1.21. The van der Waals surface area contributed by atoms with Gasteiger partial charge in [0.05, 0.1) is 12.5 Å². The van der Waals surface area contributed by atoms with Crippen molar-refractivity contribution in [2.24, 2.45) is 5.41 Å². The summed E-state index contributed by atoms with van der Waals surface area (Å²) in [5.74, 6) is -2.12. The second kappa shape index (κ2) is 5.48. The number of hydrogen-bond donors (Lipinski definition) is 2. The molecule has 0 aliphatic carbocycles. The molecule has 0 fully saturated rings. The fourth-order valence-electron chi connectivity index (χ4n) is 1.01. The molecule has 0 saturated carbocycles. The Morgan fingerprint density at radius 1 is 1.38 bits per heavy atom. The third kappa shape index (κ3) is 4.29. The Balaban J connectivity index is 4.29. The molecule has 6 nitrogen and oxygen atoms in total. The van der Waals surface area contributed by atoms with Crippen LogP contribution in [0.5, 0.6) is 0 Å². The van der Waals surface area contributed by atoms with Gasteiger partial charge in [-0.2, -0.15) is 0 Å². The maximum Gasteiger partial charge on any atom is 0.328 e. The van der Waals surface area contributed by atoms with E-state index in [0.29, 0.717) is 0 Å². The number of carboxylic acid groups (broad SMARTS) is 1. The standard InChI is InChI=1S/C10H17NO5/c1-6(8(13)16-4)11-7(12)5-10(2,3)9(14)15/h6H,5H2,1-4H3,(H,11,12)(H,14,15). The zero-order valence-corrected chi connectivity index (χ0v) is 9.86. The van der Waals surface area contributed by atoms with Gasteiger partial charge in [0.15, 0.2) is 0 Å². The molecule has 1 atom stereocenters. The SMILES string of the molecule is COC(=O)C(C)NC(=O)CC(C)(C)C(=O)O. The summed E-state index contributed by atoms with van der Waals surface area (Å²) in [5.41, 5.74) is -1.15. The van der Waals surface area contributed by atoms with E-state index in [4.69, 9.17) is 5.11 Å². The molecule has 1 unspecified atom stereocenters. The van der Waals surface area contributed by atoms with Crippen LogP contribution < -0.4 is 5.32 Å². The third-order valence-corrected chi connectivity index (χ3v) is 2.11. The molecule has 0 bridgehead atoms. The van der Waals surface area contributed by atoms with Gasteiger partial charge >= 0.3 is 11.9 Å². The predicted octanol–water partition coefficient (Wildman–Crippen LogP) is 0.165. The van der Waals surface area contributed by atoms with Crippen LogP contribution in [0.3, 0.4) is 0 Å². The maximum absolute atomic E-state index is 11.4. The Morgan fingerprint density at radius 3 is 2.25 bits per heavy atom. The molecule has 16 heavy (non-hydrogen) atoms. The zero-order chi connectivity index (χ0) is 12.9. The minimum atomic E-state index is -1.15. The van der Waals surface area contributed by atoms with E-state index in [2.05, 4.69) is 10.1 Å². The number of esters is 1. The van der Waals surface area contributed by atoms with E-state index in [1.807, 2.05) is 0 Å². The number of carboxylic acids is 1. The number of nitrogens with one attached hydrogen (secondary N) is 1. The van der Waals surface area contributed by atoms with Crippen LogP contribution in [0.25, 0.3) is 0 Å². The van der Waals surface area contributed by atoms with Gasteiger partial charge in [-0.05, 0) is 20.8 Å². The minimum Gasteiger partial charge on any atom is -0.481 e. The fraction of sp³-hybridized carbons (Fsp3) is 0.700. The number of carbonyl (C=O) groups excluding carboxylic acids is 2. The summed E-state index contributed by atoms with van der Waals surface area (Å²) in [6.07, 6.45) is -0.191. The van der Waals surface area contributed by atoms with Crippen LogP contribution in [0.15, 0.2) is 0 Å². The molecular formula is C10H17NO5. The number of ether oxygens (including phenoxy) is 1. The van der Waals surface area contributed by atoms with Crippen molar-refractivity contribution in [2.75, 3.05) is 7.11 Å². The van der Waals surface area contributed by atoms with Gasteiger partial charge in [-0.25, -0.2) is 4.79 Å². The highest BCUT2D eigenvalue weighted by Crippen LogP contribution is 2.20. The van der Waals surface area contributed by atoms with Gasteiger partial charge in [-0.1, -0.05) is 0 Å². The summed E-state index contributed by atoms with van der Waals surface area (Å²) in [6, 6.07) is -0.776. The first-order chi connectivity index (χ1) is 7.20. The van der Waals surface area contributed by atoms with Crippen LogP contribution in [-0.2, 0) is 19.1 Å². The Morgan fingerprint density at radius 2 is 1.88 bits per heavy atom. The summed E-state index contributed by atoms with van der Waals surface area (Å²) >= 11 is 0. The first-order valence-corrected chi connectivity index (χ1v) is 4.81. The maximum atomic E-state index is 11.4. The molecule has 0 aliphatic rings. The van der Waals surface area contributed by atoms with Crippen LogP contribution in [0, 0.1) is 5.41 Å². The van der Waals surface area contributed by atoms with E-state index in [1.165, 1.54) is 27.9 Å². The van der Waals surface area contributed by atoms with E-state index in [-0.39, 0.29) is 6.42 Å². The van der Waals surface area contributed by atoms with Crippen molar-refractivity contribution in [2.45, 2.75) is 33.2 Å². The van der Waals surface area contributed by atoms with Crippen molar-refractivity contribution < 1.29 is 24.2 Å². The molecule has 0 aliphatic heterocycles. The van der Waals surface area contributed by atoms with Gasteiger partial charge in [0.25, 0.3) is 0 Å². The topological polar surface area (TPSA) is 92.7 Å². The van der Waals surface area contributed by atoms with Gasteiger partial charge in [0.1, 0.15) is 6.04 Å². The molecule has 0 saturated heterocycles. The van der Waals surface area contributed by atoms with Crippen LogP contribution in [0.4, 0.5) is 0 Å². The molecule has 1 amide bonds. The smallest absolute Gasteiger partial charge is 0.328 e. The molecule has 0 spiro atoms. The number of aliphatic carboxylic acids is 1. The highest BCUT2D eigenvalue weighted by Gasteiger charge is 2.31. The lowest BCUT2D eigenvalue weighted by Crippen LogP contribution is -2.42. The summed E-state index contributed by atoms with van der Waals surface area (Å²) in [5, 5.41) is 11.2. The van der Waals surface area contributed by atoms with Gasteiger partial charge in [-0.15, -0.1) is 0 Å². The summed E-state index contributed by atoms with van der Waals surface area (Å²) in [4.78, 5) is 33.2. The van der Waals surface area contributed by atoms with E-state index >= 15 is 0 Å². The zero-order valence-electron chi connectivity index (χ0n) is 9.86. The van der Waals surface area contributed by atoms with Gasteiger partial charge in [0.2, 0.25) is 5.91 Å².